The molecular formula is C18H24N4O2. The topological polar surface area (TPSA) is 71.1 Å². The maximum atomic E-state index is 12.4. The number of aryl methyl sites for hydroxylation is 3. The first kappa shape index (κ1) is 16.5. The number of aromatic nitrogens is 3. The second-order valence-electron chi connectivity index (χ2n) is 6.45. The summed E-state index contributed by atoms with van der Waals surface area (Å²) in [6, 6.07) is 3.86. The number of likely N-dealkylation sites (tertiary alicyclic amines) is 1. The largest absolute Gasteiger partial charge is 0.472 e. The van der Waals surface area contributed by atoms with Gasteiger partial charge < -0.3 is 9.64 Å². The molecule has 1 unspecified atom stereocenters. The maximum absolute atomic E-state index is 12.4. The lowest BCUT2D eigenvalue weighted by Gasteiger charge is -2.17. The van der Waals surface area contributed by atoms with Crippen LogP contribution in [0.5, 0.6) is 5.88 Å². The number of amides is 1. The van der Waals surface area contributed by atoms with Gasteiger partial charge in [-0.15, -0.1) is 0 Å². The van der Waals surface area contributed by atoms with Crippen molar-refractivity contribution in [1.29, 1.82) is 0 Å². The molecule has 1 N–H and O–H groups in total. The number of ether oxygens (including phenoxy) is 1. The van der Waals surface area contributed by atoms with E-state index in [-0.39, 0.29) is 12.0 Å². The number of hydrogen-bond donors (Lipinski definition) is 1. The van der Waals surface area contributed by atoms with Crippen molar-refractivity contribution in [3.63, 3.8) is 0 Å². The van der Waals surface area contributed by atoms with Crippen molar-refractivity contribution >= 4 is 5.91 Å². The van der Waals surface area contributed by atoms with Crippen LogP contribution in [0.2, 0.25) is 0 Å². The van der Waals surface area contributed by atoms with E-state index >= 15 is 0 Å². The number of hydrogen-bond acceptors (Lipinski definition) is 4. The highest BCUT2D eigenvalue weighted by atomic mass is 16.5. The van der Waals surface area contributed by atoms with Crippen molar-refractivity contribution in [1.82, 2.24) is 20.1 Å². The predicted octanol–water partition coefficient (Wildman–Crippen LogP) is 2.34. The Kier molecular flexibility index (Phi) is 4.83. The van der Waals surface area contributed by atoms with E-state index in [0.717, 1.165) is 41.9 Å². The van der Waals surface area contributed by atoms with Crippen molar-refractivity contribution in [2.45, 2.75) is 46.1 Å². The fourth-order valence-electron chi connectivity index (χ4n) is 3.08. The third kappa shape index (κ3) is 3.75. The lowest BCUT2D eigenvalue weighted by Crippen LogP contribution is -2.31. The molecule has 3 heterocycles. The molecule has 6 nitrogen and oxygen atoms in total. The van der Waals surface area contributed by atoms with Crippen molar-refractivity contribution in [3.8, 4) is 5.88 Å². The van der Waals surface area contributed by atoms with E-state index in [0.29, 0.717) is 18.8 Å². The first-order chi connectivity index (χ1) is 11.5. The van der Waals surface area contributed by atoms with Crippen LogP contribution in [-0.2, 0) is 11.2 Å². The number of carbonyl (C=O) groups is 1. The Morgan fingerprint density at radius 3 is 2.88 bits per heavy atom. The summed E-state index contributed by atoms with van der Waals surface area (Å²) in [5.41, 5.74) is 4.29. The summed E-state index contributed by atoms with van der Waals surface area (Å²) >= 11 is 0. The van der Waals surface area contributed by atoms with Gasteiger partial charge in [0, 0.05) is 37.3 Å². The van der Waals surface area contributed by atoms with Crippen LogP contribution in [0.3, 0.4) is 0 Å². The lowest BCUT2D eigenvalue weighted by molar-refractivity contribution is -0.130. The molecule has 2 aromatic heterocycles. The Hall–Kier alpha value is -2.37. The first-order valence-corrected chi connectivity index (χ1v) is 8.40. The second-order valence-corrected chi connectivity index (χ2v) is 6.45. The number of pyridine rings is 1. The molecule has 1 saturated heterocycles. The van der Waals surface area contributed by atoms with Crippen LogP contribution in [0.4, 0.5) is 0 Å². The van der Waals surface area contributed by atoms with Crippen molar-refractivity contribution < 1.29 is 9.53 Å². The van der Waals surface area contributed by atoms with Crippen LogP contribution in [0.25, 0.3) is 0 Å². The Morgan fingerprint density at radius 2 is 2.21 bits per heavy atom. The normalized spacial score (nSPS) is 17.3. The summed E-state index contributed by atoms with van der Waals surface area (Å²) in [5, 5.41) is 7.15. The molecule has 1 fully saturated rings. The van der Waals surface area contributed by atoms with Gasteiger partial charge in [-0.25, -0.2) is 4.98 Å². The minimum absolute atomic E-state index is 0.0292. The monoisotopic (exact) mass is 328 g/mol. The number of rotatable bonds is 5. The predicted molar refractivity (Wildman–Crippen MR) is 91.0 cm³/mol. The number of nitrogens with one attached hydrogen (secondary N) is 1. The minimum atomic E-state index is 0.0292. The molecule has 0 aliphatic carbocycles. The molecule has 2 aromatic rings. The van der Waals surface area contributed by atoms with Gasteiger partial charge in [0.15, 0.2) is 0 Å². The van der Waals surface area contributed by atoms with Crippen LogP contribution >= 0.6 is 0 Å². The SMILES string of the molecule is Cc1ccc(OC2CCN(C(=O)CCc3c(C)n[nH]c3C)C2)nc1. The molecule has 3 rings (SSSR count). The van der Waals surface area contributed by atoms with E-state index in [9.17, 15) is 4.79 Å². The quantitative estimate of drug-likeness (QED) is 0.914. The molecule has 1 amide bonds. The number of aromatic amines is 1. The van der Waals surface area contributed by atoms with Crippen LogP contribution in [0.1, 0.15) is 35.4 Å². The molecule has 0 spiro atoms. The summed E-state index contributed by atoms with van der Waals surface area (Å²) in [7, 11) is 0. The van der Waals surface area contributed by atoms with E-state index in [1.165, 1.54) is 0 Å². The molecule has 0 radical (unpaired) electrons. The lowest BCUT2D eigenvalue weighted by atomic mass is 10.1. The van der Waals surface area contributed by atoms with Crippen LogP contribution < -0.4 is 4.74 Å². The van der Waals surface area contributed by atoms with Gasteiger partial charge in [-0.2, -0.15) is 5.10 Å². The highest BCUT2D eigenvalue weighted by molar-refractivity contribution is 5.76. The van der Waals surface area contributed by atoms with Crippen molar-refractivity contribution in [3.05, 3.63) is 40.8 Å². The van der Waals surface area contributed by atoms with Gasteiger partial charge in [0.25, 0.3) is 0 Å². The summed E-state index contributed by atoms with van der Waals surface area (Å²) in [6.45, 7) is 7.35. The Bertz CT molecular complexity index is 689. The van der Waals surface area contributed by atoms with Crippen molar-refractivity contribution in [2.24, 2.45) is 0 Å². The van der Waals surface area contributed by atoms with Gasteiger partial charge in [0.05, 0.1) is 12.2 Å². The molecule has 1 aliphatic rings. The fourth-order valence-corrected chi connectivity index (χ4v) is 3.08. The summed E-state index contributed by atoms with van der Waals surface area (Å²) < 4.78 is 5.88. The second kappa shape index (κ2) is 7.03. The Labute approximate surface area is 142 Å². The molecule has 0 saturated carbocycles. The highest BCUT2D eigenvalue weighted by Gasteiger charge is 2.27. The summed E-state index contributed by atoms with van der Waals surface area (Å²) in [6.07, 6.45) is 3.92. The van der Waals surface area contributed by atoms with E-state index in [2.05, 4.69) is 15.2 Å². The molecule has 0 bridgehead atoms. The van der Waals surface area contributed by atoms with Crippen LogP contribution in [0.15, 0.2) is 18.3 Å². The van der Waals surface area contributed by atoms with E-state index in [1.807, 2.05) is 37.8 Å². The van der Waals surface area contributed by atoms with Gasteiger partial charge in [-0.05, 0) is 38.3 Å². The third-order valence-corrected chi connectivity index (χ3v) is 4.54. The first-order valence-electron chi connectivity index (χ1n) is 8.40. The average molecular weight is 328 g/mol. The number of H-pyrrole nitrogens is 1. The Balaban J connectivity index is 1.49. The zero-order valence-corrected chi connectivity index (χ0v) is 14.5. The van der Waals surface area contributed by atoms with Crippen LogP contribution in [0, 0.1) is 20.8 Å². The zero-order valence-electron chi connectivity index (χ0n) is 14.5. The third-order valence-electron chi connectivity index (χ3n) is 4.54. The molecule has 128 valence electrons. The van der Waals surface area contributed by atoms with Crippen LogP contribution in [-0.4, -0.2) is 45.2 Å². The fraction of sp³-hybridized carbons (Fsp3) is 0.500. The van der Waals surface area contributed by atoms with E-state index in [1.54, 1.807) is 6.20 Å². The van der Waals surface area contributed by atoms with Gasteiger partial charge in [-0.3, -0.25) is 9.89 Å². The van der Waals surface area contributed by atoms with Crippen molar-refractivity contribution in [2.75, 3.05) is 13.1 Å². The van der Waals surface area contributed by atoms with E-state index in [4.69, 9.17) is 4.74 Å². The minimum Gasteiger partial charge on any atom is -0.472 e. The molecule has 1 aliphatic heterocycles. The smallest absolute Gasteiger partial charge is 0.223 e. The van der Waals surface area contributed by atoms with Gasteiger partial charge >= 0.3 is 0 Å². The number of carbonyl (C=O) groups excluding carboxylic acids is 1. The Morgan fingerprint density at radius 1 is 1.38 bits per heavy atom. The number of nitrogens with zero attached hydrogens (tertiary/aromatic N) is 3. The molecule has 24 heavy (non-hydrogen) atoms. The maximum Gasteiger partial charge on any atom is 0.223 e. The van der Waals surface area contributed by atoms with E-state index < -0.39 is 0 Å². The van der Waals surface area contributed by atoms with Gasteiger partial charge in [-0.1, -0.05) is 6.07 Å². The zero-order chi connectivity index (χ0) is 17.1. The molecule has 0 aromatic carbocycles. The average Bonchev–Trinajstić information content (AvgIpc) is 3.15. The standard InChI is InChI=1S/C18H24N4O2/c1-12-4-6-17(19-10-12)24-15-8-9-22(11-15)18(23)7-5-16-13(2)20-21-14(16)3/h4,6,10,15H,5,7-9,11H2,1-3H3,(H,20,21). The highest BCUT2D eigenvalue weighted by Crippen LogP contribution is 2.19. The van der Waals surface area contributed by atoms with Gasteiger partial charge in [0.2, 0.25) is 11.8 Å². The molecule has 1 atom stereocenters. The van der Waals surface area contributed by atoms with Gasteiger partial charge in [0.1, 0.15) is 6.10 Å². The summed E-state index contributed by atoms with van der Waals surface area (Å²) in [4.78, 5) is 18.6. The molecular weight excluding hydrogens is 304 g/mol. The molecule has 6 heteroatoms. The summed E-state index contributed by atoms with van der Waals surface area (Å²) in [5.74, 6) is 0.808.